The Labute approximate surface area is 233 Å². The number of hydrogen-bond donors (Lipinski definition) is 0. The van der Waals surface area contributed by atoms with E-state index in [0.29, 0.717) is 34.6 Å². The molecule has 0 radical (unpaired) electrons. The summed E-state index contributed by atoms with van der Waals surface area (Å²) >= 11 is 0. The van der Waals surface area contributed by atoms with Crippen molar-refractivity contribution in [1.29, 1.82) is 0 Å². The summed E-state index contributed by atoms with van der Waals surface area (Å²) in [4.78, 5) is 29.4. The molecule has 0 N–H and O–H groups in total. The van der Waals surface area contributed by atoms with Crippen LogP contribution in [0.1, 0.15) is 77.0 Å². The highest BCUT2D eigenvalue weighted by Gasteiger charge is 2.43. The topological polar surface area (TPSA) is 69.0 Å². The molecule has 6 nitrogen and oxygen atoms in total. The second-order valence-corrected chi connectivity index (χ2v) is 10.4. The van der Waals surface area contributed by atoms with E-state index in [1.54, 1.807) is 30.2 Å². The maximum absolute atomic E-state index is 14.0. The van der Waals surface area contributed by atoms with Gasteiger partial charge in [0.1, 0.15) is 11.4 Å². The molecule has 5 rings (SSSR count). The first-order valence-corrected chi connectivity index (χ1v) is 13.8. The SMILES string of the molecule is CCCCCCOc1ccc(C2c3c(oc4cc(C)c(C)cc4c3=O)C(=O)N2Cc2ccc(F)cc2)cc1OC. The van der Waals surface area contributed by atoms with E-state index in [2.05, 4.69) is 6.92 Å². The Morgan fingerprint density at radius 1 is 0.925 bits per heavy atom. The third-order valence-electron chi connectivity index (χ3n) is 7.61. The lowest BCUT2D eigenvalue weighted by molar-refractivity contribution is 0.0714. The quantitative estimate of drug-likeness (QED) is 0.197. The van der Waals surface area contributed by atoms with Gasteiger partial charge in [0.25, 0.3) is 5.91 Å². The van der Waals surface area contributed by atoms with E-state index >= 15 is 0 Å². The van der Waals surface area contributed by atoms with E-state index in [1.165, 1.54) is 12.1 Å². The van der Waals surface area contributed by atoms with Gasteiger partial charge < -0.3 is 18.8 Å². The van der Waals surface area contributed by atoms with Crippen molar-refractivity contribution < 1.29 is 23.1 Å². The third-order valence-corrected chi connectivity index (χ3v) is 7.61. The van der Waals surface area contributed by atoms with E-state index in [1.807, 2.05) is 38.1 Å². The number of amides is 1. The van der Waals surface area contributed by atoms with Gasteiger partial charge >= 0.3 is 0 Å². The molecule has 0 aliphatic carbocycles. The minimum atomic E-state index is -0.720. The van der Waals surface area contributed by atoms with Crippen LogP contribution in [0.2, 0.25) is 0 Å². The van der Waals surface area contributed by atoms with Gasteiger partial charge in [-0.15, -0.1) is 0 Å². The number of carbonyl (C=O) groups excluding carboxylic acids is 1. The number of hydrogen-bond acceptors (Lipinski definition) is 5. The Bertz CT molecular complexity index is 1610. The summed E-state index contributed by atoms with van der Waals surface area (Å²) in [6.07, 6.45) is 4.35. The predicted octanol–water partition coefficient (Wildman–Crippen LogP) is 7.26. The minimum absolute atomic E-state index is 0.0306. The Kier molecular flexibility index (Phi) is 7.92. The van der Waals surface area contributed by atoms with Crippen LogP contribution in [0, 0.1) is 19.7 Å². The van der Waals surface area contributed by atoms with E-state index < -0.39 is 11.9 Å². The molecular weight excluding hydrogens is 509 g/mol. The summed E-state index contributed by atoms with van der Waals surface area (Å²) in [6, 6.07) is 14.4. The van der Waals surface area contributed by atoms with Gasteiger partial charge in [-0.2, -0.15) is 0 Å². The number of rotatable bonds is 10. The van der Waals surface area contributed by atoms with Crippen molar-refractivity contribution in [3.05, 3.63) is 104 Å². The minimum Gasteiger partial charge on any atom is -0.493 e. The number of carbonyl (C=O) groups is 1. The molecule has 0 saturated carbocycles. The lowest BCUT2D eigenvalue weighted by Crippen LogP contribution is -2.29. The van der Waals surface area contributed by atoms with Crippen LogP contribution >= 0.6 is 0 Å². The summed E-state index contributed by atoms with van der Waals surface area (Å²) in [5.74, 6) is 0.404. The van der Waals surface area contributed by atoms with Crippen LogP contribution in [0.25, 0.3) is 11.0 Å². The standard InChI is InChI=1S/C33H34FNO5/c1-5-6-7-8-15-39-26-14-11-23(18-28(26)38-4)30-29-31(36)25-16-20(2)21(3)17-27(25)40-32(29)33(37)35(30)19-22-9-12-24(34)13-10-22/h9-14,16-18,30H,5-8,15,19H2,1-4H3. The van der Waals surface area contributed by atoms with Crippen LogP contribution in [0.15, 0.2) is 63.8 Å². The van der Waals surface area contributed by atoms with Gasteiger partial charge in [0, 0.05) is 6.54 Å². The fraction of sp³-hybridized carbons (Fsp3) is 0.333. The van der Waals surface area contributed by atoms with Crippen LogP contribution in [0.4, 0.5) is 4.39 Å². The lowest BCUT2D eigenvalue weighted by Gasteiger charge is -2.26. The molecular formula is C33H34FNO5. The number of benzene rings is 3. The average Bonchev–Trinajstić information content (AvgIpc) is 3.22. The van der Waals surface area contributed by atoms with E-state index in [4.69, 9.17) is 13.9 Å². The highest BCUT2D eigenvalue weighted by Crippen LogP contribution is 2.42. The van der Waals surface area contributed by atoms with Gasteiger partial charge in [-0.3, -0.25) is 9.59 Å². The largest absolute Gasteiger partial charge is 0.493 e. The van der Waals surface area contributed by atoms with Gasteiger partial charge in [-0.1, -0.05) is 44.4 Å². The maximum Gasteiger partial charge on any atom is 0.291 e. The van der Waals surface area contributed by atoms with Crippen molar-refractivity contribution in [2.75, 3.05) is 13.7 Å². The van der Waals surface area contributed by atoms with Crippen molar-refractivity contribution in [3.63, 3.8) is 0 Å². The molecule has 1 atom stereocenters. The van der Waals surface area contributed by atoms with Gasteiger partial charge in [-0.25, -0.2) is 4.39 Å². The molecule has 4 aromatic rings. The van der Waals surface area contributed by atoms with Crippen LogP contribution in [-0.2, 0) is 6.54 Å². The molecule has 40 heavy (non-hydrogen) atoms. The van der Waals surface area contributed by atoms with Crippen LogP contribution < -0.4 is 14.9 Å². The molecule has 1 amide bonds. The molecule has 1 aliphatic heterocycles. The fourth-order valence-corrected chi connectivity index (χ4v) is 5.26. The maximum atomic E-state index is 14.0. The average molecular weight is 544 g/mol. The van der Waals surface area contributed by atoms with Crippen LogP contribution in [0.3, 0.4) is 0 Å². The number of fused-ring (bicyclic) bond motifs is 2. The zero-order valence-corrected chi connectivity index (χ0v) is 23.4. The fourth-order valence-electron chi connectivity index (χ4n) is 5.26. The number of nitrogens with zero attached hydrogens (tertiary/aromatic N) is 1. The smallest absolute Gasteiger partial charge is 0.291 e. The Morgan fingerprint density at radius 3 is 2.40 bits per heavy atom. The molecule has 208 valence electrons. The number of ether oxygens (including phenoxy) is 2. The summed E-state index contributed by atoms with van der Waals surface area (Å²) < 4.78 is 31.4. The molecule has 0 spiro atoms. The highest BCUT2D eigenvalue weighted by atomic mass is 19.1. The van der Waals surface area contributed by atoms with E-state index in [9.17, 15) is 14.0 Å². The van der Waals surface area contributed by atoms with Gasteiger partial charge in [-0.05, 0) is 78.9 Å². The number of halogens is 1. The van der Waals surface area contributed by atoms with Crippen molar-refractivity contribution in [1.82, 2.24) is 4.90 Å². The molecule has 1 aromatic heterocycles. The summed E-state index contributed by atoms with van der Waals surface area (Å²) in [7, 11) is 1.57. The summed E-state index contributed by atoms with van der Waals surface area (Å²) in [5, 5.41) is 0.433. The molecule has 0 fully saturated rings. The number of aryl methyl sites for hydroxylation is 2. The summed E-state index contributed by atoms with van der Waals surface area (Å²) in [5.41, 5.74) is 3.79. The predicted molar refractivity (Wildman–Crippen MR) is 153 cm³/mol. The second kappa shape index (κ2) is 11.5. The first-order chi connectivity index (χ1) is 19.3. The lowest BCUT2D eigenvalue weighted by atomic mass is 9.97. The van der Waals surface area contributed by atoms with E-state index in [0.717, 1.165) is 42.4 Å². The number of methoxy groups -OCH3 is 1. The molecule has 7 heteroatoms. The van der Waals surface area contributed by atoms with E-state index in [-0.39, 0.29) is 29.1 Å². The zero-order valence-electron chi connectivity index (χ0n) is 23.4. The van der Waals surface area contributed by atoms with Crippen molar-refractivity contribution in [2.45, 2.75) is 59.0 Å². The van der Waals surface area contributed by atoms with Crippen molar-refractivity contribution in [2.24, 2.45) is 0 Å². The highest BCUT2D eigenvalue weighted by molar-refractivity contribution is 5.99. The normalized spacial score (nSPS) is 14.6. The van der Waals surface area contributed by atoms with Crippen LogP contribution in [0.5, 0.6) is 11.5 Å². The van der Waals surface area contributed by atoms with Gasteiger partial charge in [0.05, 0.1) is 30.7 Å². The molecule has 0 bridgehead atoms. The van der Waals surface area contributed by atoms with Crippen molar-refractivity contribution in [3.8, 4) is 11.5 Å². The molecule has 3 aromatic carbocycles. The number of unbranched alkanes of at least 4 members (excludes halogenated alkanes) is 3. The second-order valence-electron chi connectivity index (χ2n) is 10.4. The Morgan fingerprint density at radius 2 is 1.68 bits per heavy atom. The zero-order chi connectivity index (χ0) is 28.4. The Balaban J connectivity index is 1.60. The summed E-state index contributed by atoms with van der Waals surface area (Å²) in [6.45, 7) is 6.79. The van der Waals surface area contributed by atoms with Gasteiger partial charge in [0.15, 0.2) is 16.9 Å². The third kappa shape index (κ3) is 5.20. The van der Waals surface area contributed by atoms with Gasteiger partial charge in [0.2, 0.25) is 5.76 Å². The Hall–Kier alpha value is -4.13. The van der Waals surface area contributed by atoms with Crippen LogP contribution in [-0.4, -0.2) is 24.5 Å². The molecule has 2 heterocycles. The molecule has 0 saturated heterocycles. The van der Waals surface area contributed by atoms with Crippen molar-refractivity contribution >= 4 is 16.9 Å². The first-order valence-electron chi connectivity index (χ1n) is 13.8. The molecule has 1 aliphatic rings. The first kappa shape index (κ1) is 27.4. The monoisotopic (exact) mass is 543 g/mol. The molecule has 1 unspecified atom stereocenters.